The Morgan fingerprint density at radius 2 is 1.84 bits per heavy atom. The molecule has 0 fully saturated rings. The summed E-state index contributed by atoms with van der Waals surface area (Å²) in [5, 5.41) is 4.24. The van der Waals surface area contributed by atoms with Crippen LogP contribution in [0.15, 0.2) is 51.4 Å². The first-order valence-electron chi connectivity index (χ1n) is 5.99. The van der Waals surface area contributed by atoms with Gasteiger partial charge in [-0.05, 0) is 52.2 Å². The van der Waals surface area contributed by atoms with Crippen LogP contribution in [0.4, 0.5) is 0 Å². The zero-order chi connectivity index (χ0) is 13.8. The van der Waals surface area contributed by atoms with Crippen molar-refractivity contribution in [3.8, 4) is 0 Å². The third-order valence-corrected chi connectivity index (χ3v) is 4.92. The van der Waals surface area contributed by atoms with Crippen molar-refractivity contribution in [3.05, 3.63) is 67.6 Å². The Hall–Kier alpha value is -0.350. The predicted octanol–water partition coefficient (Wildman–Crippen LogP) is 5.72. The Labute approximate surface area is 135 Å². The van der Waals surface area contributed by atoms with E-state index in [0.717, 1.165) is 20.5 Å². The summed E-state index contributed by atoms with van der Waals surface area (Å²) in [5.74, 6) is 0. The molecule has 1 N–H and O–H groups in total. The number of hydrogen-bond acceptors (Lipinski definition) is 1. The number of halogens is 3. The lowest BCUT2D eigenvalue weighted by molar-refractivity contribution is 0.573. The smallest absolute Gasteiger partial charge is 0.0551 e. The van der Waals surface area contributed by atoms with Crippen molar-refractivity contribution in [3.63, 3.8) is 0 Å². The molecule has 0 radical (unpaired) electrons. The van der Waals surface area contributed by atoms with E-state index in [0.29, 0.717) is 0 Å². The van der Waals surface area contributed by atoms with Gasteiger partial charge >= 0.3 is 0 Å². The van der Waals surface area contributed by atoms with E-state index in [2.05, 4.69) is 68.4 Å². The molecule has 0 aliphatic rings. The first-order valence-corrected chi connectivity index (χ1v) is 7.96. The highest BCUT2D eigenvalue weighted by Gasteiger charge is 2.08. The number of hydrogen-bond donors (Lipinski definition) is 1. The molecular weight excluding hydrogens is 389 g/mol. The summed E-state index contributed by atoms with van der Waals surface area (Å²) in [5.41, 5.74) is 2.43. The average molecular weight is 404 g/mol. The summed E-state index contributed by atoms with van der Waals surface area (Å²) >= 11 is 13.1. The Morgan fingerprint density at radius 1 is 1.11 bits per heavy atom. The summed E-state index contributed by atoms with van der Waals surface area (Å²) in [6, 6.07) is 14.5. The van der Waals surface area contributed by atoms with Crippen molar-refractivity contribution in [2.45, 2.75) is 19.5 Å². The summed E-state index contributed by atoms with van der Waals surface area (Å²) in [6.07, 6.45) is 0. The molecule has 0 saturated heterocycles. The van der Waals surface area contributed by atoms with Gasteiger partial charge in [-0.2, -0.15) is 0 Å². The minimum Gasteiger partial charge on any atom is -0.306 e. The molecule has 0 unspecified atom stereocenters. The van der Waals surface area contributed by atoms with Gasteiger partial charge in [0.1, 0.15) is 0 Å². The lowest BCUT2D eigenvalue weighted by Crippen LogP contribution is -2.18. The highest BCUT2D eigenvalue weighted by molar-refractivity contribution is 9.10. The van der Waals surface area contributed by atoms with Gasteiger partial charge in [0.15, 0.2) is 0 Å². The van der Waals surface area contributed by atoms with Gasteiger partial charge in [-0.15, -0.1) is 0 Å². The zero-order valence-electron chi connectivity index (χ0n) is 10.5. The Kier molecular flexibility index (Phi) is 5.46. The fraction of sp³-hybridized carbons (Fsp3) is 0.200. The molecule has 0 aliphatic carbocycles. The molecule has 4 heteroatoms. The van der Waals surface area contributed by atoms with E-state index < -0.39 is 0 Å². The molecule has 0 saturated carbocycles. The largest absolute Gasteiger partial charge is 0.306 e. The number of rotatable bonds is 4. The molecule has 2 aromatic rings. The maximum absolute atomic E-state index is 6.09. The third-order valence-electron chi connectivity index (χ3n) is 2.97. The van der Waals surface area contributed by atoms with Gasteiger partial charge in [0, 0.05) is 21.5 Å². The van der Waals surface area contributed by atoms with Gasteiger partial charge in [-0.25, -0.2) is 0 Å². The Morgan fingerprint density at radius 3 is 2.53 bits per heavy atom. The van der Waals surface area contributed by atoms with Crippen molar-refractivity contribution in [1.82, 2.24) is 5.32 Å². The SMILES string of the molecule is C[C@H](NCc1ccc(Br)c(Cl)c1)c1ccccc1Br. The topological polar surface area (TPSA) is 12.0 Å². The fourth-order valence-corrected chi connectivity index (χ4v) is 2.93. The van der Waals surface area contributed by atoms with Crippen LogP contribution < -0.4 is 5.32 Å². The average Bonchev–Trinajstić information content (AvgIpc) is 2.40. The first kappa shape index (κ1) is 15.0. The lowest BCUT2D eigenvalue weighted by atomic mass is 10.1. The van der Waals surface area contributed by atoms with Gasteiger partial charge in [-0.1, -0.05) is 51.8 Å². The van der Waals surface area contributed by atoms with Gasteiger partial charge in [0.2, 0.25) is 0 Å². The van der Waals surface area contributed by atoms with Gasteiger partial charge < -0.3 is 5.32 Å². The molecule has 0 aliphatic heterocycles. The fourth-order valence-electron chi connectivity index (χ4n) is 1.86. The summed E-state index contributed by atoms with van der Waals surface area (Å²) in [6.45, 7) is 2.94. The monoisotopic (exact) mass is 401 g/mol. The van der Waals surface area contributed by atoms with Crippen LogP contribution in [0.1, 0.15) is 24.1 Å². The van der Waals surface area contributed by atoms with Crippen molar-refractivity contribution in [2.24, 2.45) is 0 Å². The normalized spacial score (nSPS) is 12.4. The molecule has 1 nitrogen and oxygen atoms in total. The molecule has 0 bridgehead atoms. The van der Waals surface area contributed by atoms with Crippen molar-refractivity contribution in [1.29, 1.82) is 0 Å². The first-order chi connectivity index (χ1) is 9.08. The minimum atomic E-state index is 0.276. The molecule has 2 rings (SSSR count). The summed E-state index contributed by atoms with van der Waals surface area (Å²) in [4.78, 5) is 0. The van der Waals surface area contributed by atoms with Crippen molar-refractivity contribution in [2.75, 3.05) is 0 Å². The Balaban J connectivity index is 2.02. The van der Waals surface area contributed by atoms with Crippen LogP contribution in [0.25, 0.3) is 0 Å². The predicted molar refractivity (Wildman–Crippen MR) is 88.5 cm³/mol. The second-order valence-corrected chi connectivity index (χ2v) is 6.49. The van der Waals surface area contributed by atoms with E-state index >= 15 is 0 Å². The van der Waals surface area contributed by atoms with Crippen LogP contribution in [0.5, 0.6) is 0 Å². The minimum absolute atomic E-state index is 0.276. The highest BCUT2D eigenvalue weighted by atomic mass is 79.9. The molecule has 0 heterocycles. The molecule has 100 valence electrons. The van der Waals surface area contributed by atoms with E-state index in [-0.39, 0.29) is 6.04 Å². The van der Waals surface area contributed by atoms with Crippen LogP contribution in [0, 0.1) is 0 Å². The molecule has 2 aromatic carbocycles. The van der Waals surface area contributed by atoms with E-state index in [4.69, 9.17) is 11.6 Å². The highest BCUT2D eigenvalue weighted by Crippen LogP contribution is 2.25. The number of nitrogens with one attached hydrogen (secondary N) is 1. The van der Waals surface area contributed by atoms with Gasteiger partial charge in [0.25, 0.3) is 0 Å². The molecule has 19 heavy (non-hydrogen) atoms. The van der Waals surface area contributed by atoms with Gasteiger partial charge in [-0.3, -0.25) is 0 Å². The molecular formula is C15H14Br2ClN. The van der Waals surface area contributed by atoms with Crippen molar-refractivity contribution >= 4 is 43.5 Å². The molecule has 0 aromatic heterocycles. The van der Waals surface area contributed by atoms with Crippen LogP contribution in [0.3, 0.4) is 0 Å². The van der Waals surface area contributed by atoms with E-state index in [9.17, 15) is 0 Å². The van der Waals surface area contributed by atoms with Gasteiger partial charge in [0.05, 0.1) is 5.02 Å². The lowest BCUT2D eigenvalue weighted by Gasteiger charge is -2.16. The maximum atomic E-state index is 6.09. The van der Waals surface area contributed by atoms with Crippen LogP contribution in [-0.4, -0.2) is 0 Å². The zero-order valence-corrected chi connectivity index (χ0v) is 14.4. The third kappa shape index (κ3) is 4.06. The van der Waals surface area contributed by atoms with Crippen LogP contribution in [-0.2, 0) is 6.54 Å². The standard InChI is InChI=1S/C15H14Br2ClN/c1-10(12-4-2-3-5-13(12)16)19-9-11-6-7-14(17)15(18)8-11/h2-8,10,19H,9H2,1H3/t10-/m0/s1. The quantitative estimate of drug-likeness (QED) is 0.689. The summed E-state index contributed by atoms with van der Waals surface area (Å²) in [7, 11) is 0. The van der Waals surface area contributed by atoms with Crippen LogP contribution >= 0.6 is 43.5 Å². The van der Waals surface area contributed by atoms with E-state index in [1.165, 1.54) is 11.1 Å². The molecule has 0 amide bonds. The Bertz CT molecular complexity index is 572. The number of benzene rings is 2. The second-order valence-electron chi connectivity index (χ2n) is 4.37. The van der Waals surface area contributed by atoms with E-state index in [1.54, 1.807) is 0 Å². The molecule has 0 spiro atoms. The van der Waals surface area contributed by atoms with Crippen molar-refractivity contribution < 1.29 is 0 Å². The molecule has 1 atom stereocenters. The maximum Gasteiger partial charge on any atom is 0.0551 e. The van der Waals surface area contributed by atoms with E-state index in [1.807, 2.05) is 18.2 Å². The summed E-state index contributed by atoms with van der Waals surface area (Å²) < 4.78 is 2.06. The second kappa shape index (κ2) is 6.89. The van der Waals surface area contributed by atoms with Crippen LogP contribution in [0.2, 0.25) is 5.02 Å².